The number of benzene rings is 2. The SMILES string of the molecule is CS(=O)(=O)Nc1ccc(C(Cc2ccccc2)C(=O)O)cc1F. The molecule has 0 heterocycles. The molecule has 2 rings (SSSR count). The molecule has 2 N–H and O–H groups in total. The number of hydrogen-bond donors (Lipinski definition) is 2. The second kappa shape index (κ2) is 6.78. The third-order valence-electron chi connectivity index (χ3n) is 3.27. The van der Waals surface area contributed by atoms with Gasteiger partial charge in [-0.25, -0.2) is 12.8 Å². The van der Waals surface area contributed by atoms with Crippen molar-refractivity contribution in [2.24, 2.45) is 0 Å². The van der Waals surface area contributed by atoms with Gasteiger partial charge in [0, 0.05) is 0 Å². The average molecular weight is 337 g/mol. The largest absolute Gasteiger partial charge is 0.481 e. The van der Waals surface area contributed by atoms with Crippen LogP contribution >= 0.6 is 0 Å². The summed E-state index contributed by atoms with van der Waals surface area (Å²) in [6.45, 7) is 0. The Labute approximate surface area is 133 Å². The van der Waals surface area contributed by atoms with Crippen LogP contribution in [0.5, 0.6) is 0 Å². The summed E-state index contributed by atoms with van der Waals surface area (Å²) < 4.78 is 38.4. The Morgan fingerprint density at radius 1 is 1.22 bits per heavy atom. The third kappa shape index (κ3) is 4.79. The van der Waals surface area contributed by atoms with Crippen LogP contribution in [0.2, 0.25) is 0 Å². The quantitative estimate of drug-likeness (QED) is 0.849. The fraction of sp³-hybridized carbons (Fsp3) is 0.188. The summed E-state index contributed by atoms with van der Waals surface area (Å²) in [6.07, 6.45) is 1.13. The molecular weight excluding hydrogens is 321 g/mol. The second-order valence-electron chi connectivity index (χ2n) is 5.19. The molecule has 0 bridgehead atoms. The number of carboxylic acids is 1. The maximum Gasteiger partial charge on any atom is 0.311 e. The van der Waals surface area contributed by atoms with Crippen LogP contribution in [0.1, 0.15) is 17.0 Å². The summed E-state index contributed by atoms with van der Waals surface area (Å²) >= 11 is 0. The lowest BCUT2D eigenvalue weighted by molar-refractivity contribution is -0.138. The number of carbonyl (C=O) groups is 1. The van der Waals surface area contributed by atoms with Crippen LogP contribution in [-0.4, -0.2) is 25.7 Å². The Morgan fingerprint density at radius 2 is 1.87 bits per heavy atom. The zero-order valence-corrected chi connectivity index (χ0v) is 13.2. The highest BCUT2D eigenvalue weighted by Crippen LogP contribution is 2.25. The zero-order chi connectivity index (χ0) is 17.0. The molecule has 23 heavy (non-hydrogen) atoms. The summed E-state index contributed by atoms with van der Waals surface area (Å²) in [4.78, 5) is 11.5. The molecule has 0 saturated carbocycles. The van der Waals surface area contributed by atoms with E-state index in [9.17, 15) is 22.7 Å². The highest BCUT2D eigenvalue weighted by atomic mass is 32.2. The first-order chi connectivity index (χ1) is 10.8. The highest BCUT2D eigenvalue weighted by Gasteiger charge is 2.22. The second-order valence-corrected chi connectivity index (χ2v) is 6.94. The maximum absolute atomic E-state index is 14.0. The van der Waals surface area contributed by atoms with Crippen LogP contribution in [0.15, 0.2) is 48.5 Å². The van der Waals surface area contributed by atoms with Crippen LogP contribution in [-0.2, 0) is 21.2 Å². The Balaban J connectivity index is 2.30. The lowest BCUT2D eigenvalue weighted by Gasteiger charge is -2.14. The molecule has 122 valence electrons. The van der Waals surface area contributed by atoms with Crippen molar-refractivity contribution < 1.29 is 22.7 Å². The first-order valence-corrected chi connectivity index (χ1v) is 8.69. The van der Waals surface area contributed by atoms with Crippen molar-refractivity contribution in [1.82, 2.24) is 0 Å². The molecule has 0 fully saturated rings. The predicted molar refractivity (Wildman–Crippen MR) is 85.4 cm³/mol. The van der Waals surface area contributed by atoms with E-state index in [0.717, 1.165) is 17.9 Å². The number of nitrogens with one attached hydrogen (secondary N) is 1. The van der Waals surface area contributed by atoms with E-state index in [4.69, 9.17) is 0 Å². The van der Waals surface area contributed by atoms with Gasteiger partial charge in [-0.2, -0.15) is 0 Å². The van der Waals surface area contributed by atoms with Crippen LogP contribution in [0.25, 0.3) is 0 Å². The van der Waals surface area contributed by atoms with Gasteiger partial charge in [0.05, 0.1) is 17.9 Å². The van der Waals surface area contributed by atoms with Crippen molar-refractivity contribution in [2.45, 2.75) is 12.3 Å². The Bertz CT molecular complexity index is 806. The molecule has 0 aliphatic carbocycles. The topological polar surface area (TPSA) is 83.5 Å². The Hall–Kier alpha value is -2.41. The van der Waals surface area contributed by atoms with Gasteiger partial charge in [-0.3, -0.25) is 9.52 Å². The van der Waals surface area contributed by atoms with Crippen LogP contribution in [0.4, 0.5) is 10.1 Å². The van der Waals surface area contributed by atoms with Gasteiger partial charge in [-0.05, 0) is 29.7 Å². The van der Waals surface area contributed by atoms with E-state index < -0.39 is 27.7 Å². The normalized spacial score (nSPS) is 12.6. The van der Waals surface area contributed by atoms with Crippen LogP contribution in [0, 0.1) is 5.82 Å². The van der Waals surface area contributed by atoms with Gasteiger partial charge < -0.3 is 5.11 Å². The fourth-order valence-corrected chi connectivity index (χ4v) is 2.79. The minimum Gasteiger partial charge on any atom is -0.481 e. The maximum atomic E-state index is 14.0. The molecule has 2 aromatic carbocycles. The summed E-state index contributed by atoms with van der Waals surface area (Å²) in [6, 6.07) is 12.7. The first-order valence-electron chi connectivity index (χ1n) is 6.80. The summed E-state index contributed by atoms with van der Waals surface area (Å²) in [5.74, 6) is -2.80. The van der Waals surface area contributed by atoms with E-state index in [1.165, 1.54) is 12.1 Å². The van der Waals surface area contributed by atoms with Gasteiger partial charge in [0.15, 0.2) is 0 Å². The van der Waals surface area contributed by atoms with E-state index in [1.807, 2.05) is 10.8 Å². The molecule has 0 spiro atoms. The molecule has 0 aliphatic rings. The monoisotopic (exact) mass is 337 g/mol. The molecule has 0 radical (unpaired) electrons. The van der Waals surface area contributed by atoms with Gasteiger partial charge in [-0.1, -0.05) is 36.4 Å². The van der Waals surface area contributed by atoms with Gasteiger partial charge >= 0.3 is 5.97 Å². The van der Waals surface area contributed by atoms with Gasteiger partial charge in [-0.15, -0.1) is 0 Å². The molecule has 2 aromatic rings. The van der Waals surface area contributed by atoms with Crippen molar-refractivity contribution in [3.63, 3.8) is 0 Å². The highest BCUT2D eigenvalue weighted by molar-refractivity contribution is 7.92. The number of sulfonamides is 1. The lowest BCUT2D eigenvalue weighted by Crippen LogP contribution is -2.16. The van der Waals surface area contributed by atoms with E-state index in [2.05, 4.69) is 0 Å². The number of anilines is 1. The summed E-state index contributed by atoms with van der Waals surface area (Å²) in [5, 5.41) is 9.40. The van der Waals surface area contributed by atoms with Crippen molar-refractivity contribution in [2.75, 3.05) is 11.0 Å². The standard InChI is InChI=1S/C16H16FNO4S/c1-23(21,22)18-15-8-7-12(10-14(15)17)13(16(19)20)9-11-5-3-2-4-6-11/h2-8,10,13,18H,9H2,1H3,(H,19,20). The Kier molecular flexibility index (Phi) is 5.00. The summed E-state index contributed by atoms with van der Waals surface area (Å²) in [5.41, 5.74) is 0.886. The first kappa shape index (κ1) is 17.0. The number of hydrogen-bond acceptors (Lipinski definition) is 3. The molecule has 5 nitrogen and oxygen atoms in total. The predicted octanol–water partition coefficient (Wildman–Crippen LogP) is 2.61. The minimum atomic E-state index is -3.60. The van der Waals surface area contributed by atoms with Crippen LogP contribution < -0.4 is 4.72 Å². The van der Waals surface area contributed by atoms with E-state index >= 15 is 0 Å². The van der Waals surface area contributed by atoms with Gasteiger partial charge in [0.2, 0.25) is 10.0 Å². The number of halogens is 1. The molecular formula is C16H16FNO4S. The summed E-state index contributed by atoms with van der Waals surface area (Å²) in [7, 11) is -3.60. The van der Waals surface area contributed by atoms with Crippen molar-refractivity contribution in [3.05, 3.63) is 65.5 Å². The van der Waals surface area contributed by atoms with Crippen molar-refractivity contribution in [1.29, 1.82) is 0 Å². The zero-order valence-electron chi connectivity index (χ0n) is 12.4. The van der Waals surface area contributed by atoms with Crippen molar-refractivity contribution >= 4 is 21.7 Å². The third-order valence-corrected chi connectivity index (χ3v) is 3.86. The van der Waals surface area contributed by atoms with Crippen molar-refractivity contribution in [3.8, 4) is 0 Å². The lowest BCUT2D eigenvalue weighted by atomic mass is 9.92. The molecule has 1 atom stereocenters. The average Bonchev–Trinajstić information content (AvgIpc) is 2.46. The molecule has 0 amide bonds. The van der Waals surface area contributed by atoms with Gasteiger partial charge in [0.1, 0.15) is 5.82 Å². The Morgan fingerprint density at radius 3 is 2.39 bits per heavy atom. The molecule has 0 aromatic heterocycles. The number of rotatable bonds is 6. The molecule has 0 aliphatic heterocycles. The molecule has 0 saturated heterocycles. The van der Waals surface area contributed by atoms with E-state index in [-0.39, 0.29) is 17.7 Å². The fourth-order valence-electron chi connectivity index (χ4n) is 2.23. The van der Waals surface area contributed by atoms with E-state index in [0.29, 0.717) is 0 Å². The smallest absolute Gasteiger partial charge is 0.311 e. The van der Waals surface area contributed by atoms with E-state index in [1.54, 1.807) is 24.3 Å². The number of aliphatic carboxylic acids is 1. The minimum absolute atomic E-state index is 0.208. The molecule has 7 heteroatoms. The van der Waals surface area contributed by atoms with Crippen LogP contribution in [0.3, 0.4) is 0 Å². The number of carboxylic acid groups (broad SMARTS) is 1. The van der Waals surface area contributed by atoms with Gasteiger partial charge in [0.25, 0.3) is 0 Å². The molecule has 1 unspecified atom stereocenters.